The molecule has 0 aliphatic heterocycles. The molecule has 0 heterocycles. The lowest BCUT2D eigenvalue weighted by molar-refractivity contribution is -0.0223. The van der Waals surface area contributed by atoms with Crippen LogP contribution in [-0.4, -0.2) is 5.54 Å². The van der Waals surface area contributed by atoms with Crippen LogP contribution >= 0.6 is 0 Å². The highest BCUT2D eigenvalue weighted by atomic mass is 14.8. The first-order valence-corrected chi connectivity index (χ1v) is 5.57. The molecular weight excluding hydrogens is 146 g/mol. The van der Waals surface area contributed by atoms with Crippen LogP contribution in [0.15, 0.2) is 0 Å². The summed E-state index contributed by atoms with van der Waals surface area (Å²) in [4.78, 5) is 0. The van der Waals surface area contributed by atoms with E-state index in [-0.39, 0.29) is 0 Å². The molecular formula is C11H19N. The van der Waals surface area contributed by atoms with Crippen LogP contribution in [0.3, 0.4) is 0 Å². The zero-order valence-corrected chi connectivity index (χ0v) is 7.76. The largest absolute Gasteiger partial charge is 0.325 e. The second-order valence-corrected chi connectivity index (χ2v) is 5.38. The molecule has 0 radical (unpaired) electrons. The Morgan fingerprint density at radius 3 is 2.75 bits per heavy atom. The van der Waals surface area contributed by atoms with E-state index in [2.05, 4.69) is 0 Å². The Bertz CT molecular complexity index is 201. The molecule has 2 N–H and O–H groups in total. The zero-order valence-electron chi connectivity index (χ0n) is 7.76. The van der Waals surface area contributed by atoms with Crippen molar-refractivity contribution in [1.29, 1.82) is 0 Å². The minimum Gasteiger partial charge on any atom is -0.325 e. The summed E-state index contributed by atoms with van der Waals surface area (Å²) in [6.45, 7) is 0. The van der Waals surface area contributed by atoms with E-state index in [9.17, 15) is 0 Å². The summed E-state index contributed by atoms with van der Waals surface area (Å²) >= 11 is 0. The van der Waals surface area contributed by atoms with E-state index in [1.165, 1.54) is 44.9 Å². The third-order valence-corrected chi connectivity index (χ3v) is 4.72. The Morgan fingerprint density at radius 2 is 2.08 bits per heavy atom. The van der Waals surface area contributed by atoms with Crippen LogP contribution < -0.4 is 5.73 Å². The maximum Gasteiger partial charge on any atom is 0.0188 e. The van der Waals surface area contributed by atoms with E-state index < -0.39 is 0 Å². The van der Waals surface area contributed by atoms with E-state index in [1.54, 1.807) is 0 Å². The smallest absolute Gasteiger partial charge is 0.0188 e. The highest BCUT2D eigenvalue weighted by molar-refractivity contribution is 5.06. The molecule has 0 amide bonds. The number of hydrogen-bond acceptors (Lipinski definition) is 1. The Labute approximate surface area is 74.7 Å². The molecule has 1 nitrogen and oxygen atoms in total. The number of fused-ring (bicyclic) bond motifs is 1. The third-order valence-electron chi connectivity index (χ3n) is 4.72. The molecule has 4 bridgehead atoms. The minimum atomic E-state index is 0.296. The molecule has 4 fully saturated rings. The summed E-state index contributed by atoms with van der Waals surface area (Å²) in [5, 5.41) is 0. The van der Waals surface area contributed by atoms with E-state index in [0.29, 0.717) is 5.54 Å². The lowest BCUT2D eigenvalue weighted by Crippen LogP contribution is -2.59. The minimum absolute atomic E-state index is 0.296. The van der Waals surface area contributed by atoms with Crippen LogP contribution in [0, 0.1) is 17.8 Å². The second kappa shape index (κ2) is 2.25. The monoisotopic (exact) mass is 165 g/mol. The maximum absolute atomic E-state index is 6.49. The molecule has 0 aromatic carbocycles. The van der Waals surface area contributed by atoms with Gasteiger partial charge in [0, 0.05) is 5.54 Å². The normalized spacial score (nSPS) is 57.2. The molecule has 0 aromatic heterocycles. The van der Waals surface area contributed by atoms with Gasteiger partial charge in [0.15, 0.2) is 0 Å². The lowest BCUT2D eigenvalue weighted by Gasteiger charge is -2.57. The van der Waals surface area contributed by atoms with Gasteiger partial charge < -0.3 is 5.73 Å². The first kappa shape index (κ1) is 7.37. The lowest BCUT2D eigenvalue weighted by atomic mass is 9.51. The van der Waals surface area contributed by atoms with E-state index in [4.69, 9.17) is 5.73 Å². The molecule has 68 valence electrons. The predicted molar refractivity (Wildman–Crippen MR) is 49.7 cm³/mol. The van der Waals surface area contributed by atoms with Crippen molar-refractivity contribution >= 4 is 0 Å². The summed E-state index contributed by atoms with van der Waals surface area (Å²) in [5.74, 6) is 2.94. The second-order valence-electron chi connectivity index (χ2n) is 5.38. The van der Waals surface area contributed by atoms with Crippen molar-refractivity contribution in [1.82, 2.24) is 0 Å². The van der Waals surface area contributed by atoms with Gasteiger partial charge in [0.25, 0.3) is 0 Å². The third kappa shape index (κ3) is 0.834. The van der Waals surface area contributed by atoms with Gasteiger partial charge in [-0.3, -0.25) is 0 Å². The van der Waals surface area contributed by atoms with E-state index in [0.717, 1.165) is 17.8 Å². The van der Waals surface area contributed by atoms with Gasteiger partial charge in [-0.2, -0.15) is 0 Å². The summed E-state index contributed by atoms with van der Waals surface area (Å²) in [6, 6.07) is 0. The van der Waals surface area contributed by atoms with Gasteiger partial charge in [-0.05, 0) is 43.4 Å². The van der Waals surface area contributed by atoms with Crippen molar-refractivity contribution in [2.75, 3.05) is 0 Å². The van der Waals surface area contributed by atoms with Gasteiger partial charge in [-0.1, -0.05) is 19.3 Å². The predicted octanol–water partition coefficient (Wildman–Crippen LogP) is 2.30. The van der Waals surface area contributed by atoms with Gasteiger partial charge in [0.05, 0.1) is 0 Å². The molecule has 1 heteroatoms. The quantitative estimate of drug-likeness (QED) is 0.585. The van der Waals surface area contributed by atoms with Gasteiger partial charge in [-0.25, -0.2) is 0 Å². The number of rotatable bonds is 0. The first-order chi connectivity index (χ1) is 5.78. The van der Waals surface area contributed by atoms with Crippen LogP contribution in [0.4, 0.5) is 0 Å². The van der Waals surface area contributed by atoms with Crippen molar-refractivity contribution in [3.05, 3.63) is 0 Å². The molecule has 4 unspecified atom stereocenters. The molecule has 12 heavy (non-hydrogen) atoms. The maximum atomic E-state index is 6.49. The van der Waals surface area contributed by atoms with Gasteiger partial charge in [0.2, 0.25) is 0 Å². The fourth-order valence-electron chi connectivity index (χ4n) is 4.29. The molecule has 4 aliphatic rings. The standard InChI is InChI=1S/C11H19N/c12-11-5-1-2-9-6-8(7-11)3-4-10(9)11/h8-10H,1-7,12H2. The SMILES string of the molecule is NC12CCCC3CC(CCC31)C2. The van der Waals surface area contributed by atoms with Crippen molar-refractivity contribution in [3.8, 4) is 0 Å². The van der Waals surface area contributed by atoms with Gasteiger partial charge in [0.1, 0.15) is 0 Å². The first-order valence-electron chi connectivity index (χ1n) is 5.57. The van der Waals surface area contributed by atoms with Crippen molar-refractivity contribution in [2.45, 2.75) is 50.5 Å². The molecule has 4 saturated carbocycles. The van der Waals surface area contributed by atoms with Gasteiger partial charge in [-0.15, -0.1) is 0 Å². The van der Waals surface area contributed by atoms with Crippen molar-refractivity contribution in [3.63, 3.8) is 0 Å². The number of hydrogen-bond donors (Lipinski definition) is 1. The summed E-state index contributed by atoms with van der Waals surface area (Å²) in [6.07, 6.45) is 10.0. The Hall–Kier alpha value is -0.0400. The zero-order chi connectivity index (χ0) is 8.18. The highest BCUT2D eigenvalue weighted by Gasteiger charge is 2.51. The van der Waals surface area contributed by atoms with Crippen LogP contribution in [-0.2, 0) is 0 Å². The molecule has 4 atom stereocenters. The molecule has 4 aliphatic carbocycles. The fourth-order valence-corrected chi connectivity index (χ4v) is 4.29. The van der Waals surface area contributed by atoms with Crippen molar-refractivity contribution < 1.29 is 0 Å². The van der Waals surface area contributed by atoms with Crippen LogP contribution in [0.2, 0.25) is 0 Å². The Balaban J connectivity index is 1.94. The topological polar surface area (TPSA) is 26.0 Å². The molecule has 4 rings (SSSR count). The van der Waals surface area contributed by atoms with Gasteiger partial charge >= 0.3 is 0 Å². The van der Waals surface area contributed by atoms with E-state index >= 15 is 0 Å². The molecule has 0 saturated heterocycles. The van der Waals surface area contributed by atoms with Crippen LogP contribution in [0.25, 0.3) is 0 Å². The van der Waals surface area contributed by atoms with Crippen LogP contribution in [0.1, 0.15) is 44.9 Å². The summed E-state index contributed by atoms with van der Waals surface area (Å²) in [5.41, 5.74) is 6.78. The Morgan fingerprint density at radius 1 is 1.17 bits per heavy atom. The average Bonchev–Trinajstić information content (AvgIpc) is 2.03. The summed E-state index contributed by atoms with van der Waals surface area (Å²) in [7, 11) is 0. The molecule has 0 aromatic rings. The summed E-state index contributed by atoms with van der Waals surface area (Å²) < 4.78 is 0. The van der Waals surface area contributed by atoms with E-state index in [1.807, 2.05) is 0 Å². The van der Waals surface area contributed by atoms with Crippen LogP contribution in [0.5, 0.6) is 0 Å². The average molecular weight is 165 g/mol. The highest BCUT2D eigenvalue weighted by Crippen LogP contribution is 2.55. The molecule has 0 spiro atoms. The fraction of sp³-hybridized carbons (Fsp3) is 1.00. The van der Waals surface area contributed by atoms with Crippen molar-refractivity contribution in [2.24, 2.45) is 23.5 Å². The Kier molecular flexibility index (Phi) is 1.39. The number of nitrogens with two attached hydrogens (primary N) is 1.